The number of phenols is 1. The second-order valence-electron chi connectivity index (χ2n) is 4.99. The van der Waals surface area contributed by atoms with Crippen LogP contribution in [0.3, 0.4) is 0 Å². The molecule has 0 aromatic heterocycles. The molecule has 1 aromatic rings. The molecular weight excluding hydrogens is 214 g/mol. The van der Waals surface area contributed by atoms with Crippen LogP contribution >= 0.6 is 0 Å². The summed E-state index contributed by atoms with van der Waals surface area (Å²) in [5, 5.41) is 19.6. The highest BCUT2D eigenvalue weighted by atomic mass is 16.3. The van der Waals surface area contributed by atoms with Crippen LogP contribution in [0.2, 0.25) is 0 Å². The Labute approximate surface area is 104 Å². The zero-order chi connectivity index (χ0) is 13.1. The third kappa shape index (κ3) is 3.20. The van der Waals surface area contributed by atoms with E-state index < -0.39 is 6.10 Å². The minimum atomic E-state index is -0.424. The van der Waals surface area contributed by atoms with Gasteiger partial charge in [-0.1, -0.05) is 19.1 Å². The van der Waals surface area contributed by atoms with Crippen LogP contribution in [-0.4, -0.2) is 40.9 Å². The lowest BCUT2D eigenvalue weighted by molar-refractivity contribution is 0.00300. The van der Waals surface area contributed by atoms with Gasteiger partial charge in [0.1, 0.15) is 5.75 Å². The summed E-state index contributed by atoms with van der Waals surface area (Å²) < 4.78 is 0. The molecule has 2 N–H and O–H groups in total. The van der Waals surface area contributed by atoms with Gasteiger partial charge < -0.3 is 15.1 Å². The molecule has 17 heavy (non-hydrogen) atoms. The second-order valence-corrected chi connectivity index (χ2v) is 4.99. The fourth-order valence-corrected chi connectivity index (χ4v) is 1.93. The van der Waals surface area contributed by atoms with Gasteiger partial charge >= 0.3 is 0 Å². The van der Waals surface area contributed by atoms with Gasteiger partial charge in [-0.15, -0.1) is 0 Å². The van der Waals surface area contributed by atoms with Crippen LogP contribution in [0, 0.1) is 0 Å². The SMILES string of the molecule is CCC(C)(C(O)Cc1ccc(O)cc1)N(C)C. The Morgan fingerprint density at radius 1 is 1.24 bits per heavy atom. The van der Waals surface area contributed by atoms with Gasteiger partial charge in [0.05, 0.1) is 6.10 Å². The number of rotatable bonds is 5. The third-order valence-electron chi connectivity index (χ3n) is 3.82. The Kier molecular flexibility index (Phi) is 4.54. The van der Waals surface area contributed by atoms with Crippen molar-refractivity contribution in [3.63, 3.8) is 0 Å². The summed E-state index contributed by atoms with van der Waals surface area (Å²) in [7, 11) is 3.98. The Morgan fingerprint density at radius 2 is 1.76 bits per heavy atom. The van der Waals surface area contributed by atoms with Gasteiger partial charge in [0.2, 0.25) is 0 Å². The first kappa shape index (κ1) is 14.0. The van der Waals surface area contributed by atoms with E-state index in [-0.39, 0.29) is 11.3 Å². The van der Waals surface area contributed by atoms with Gasteiger partial charge in [-0.2, -0.15) is 0 Å². The van der Waals surface area contributed by atoms with E-state index in [1.165, 1.54) is 0 Å². The average Bonchev–Trinajstić information content (AvgIpc) is 2.30. The predicted octanol–water partition coefficient (Wildman–Crippen LogP) is 2.03. The van der Waals surface area contributed by atoms with E-state index in [9.17, 15) is 10.2 Å². The average molecular weight is 237 g/mol. The smallest absolute Gasteiger partial charge is 0.115 e. The molecular formula is C14H23NO2. The van der Waals surface area contributed by atoms with E-state index >= 15 is 0 Å². The number of benzene rings is 1. The highest BCUT2D eigenvalue weighted by molar-refractivity contribution is 5.26. The fourth-order valence-electron chi connectivity index (χ4n) is 1.93. The van der Waals surface area contributed by atoms with Gasteiger partial charge in [-0.3, -0.25) is 0 Å². The van der Waals surface area contributed by atoms with Crippen molar-refractivity contribution in [2.75, 3.05) is 14.1 Å². The van der Waals surface area contributed by atoms with Crippen LogP contribution in [0.4, 0.5) is 0 Å². The first-order valence-corrected chi connectivity index (χ1v) is 6.03. The van der Waals surface area contributed by atoms with Crippen molar-refractivity contribution in [2.45, 2.75) is 38.3 Å². The summed E-state index contributed by atoms with van der Waals surface area (Å²) in [6.07, 6.45) is 1.06. The van der Waals surface area contributed by atoms with Crippen molar-refractivity contribution < 1.29 is 10.2 Å². The van der Waals surface area contributed by atoms with Crippen molar-refractivity contribution in [2.24, 2.45) is 0 Å². The predicted molar refractivity (Wildman–Crippen MR) is 70.2 cm³/mol. The number of phenolic OH excluding ortho intramolecular Hbond substituents is 1. The lowest BCUT2D eigenvalue weighted by Gasteiger charge is -2.40. The van der Waals surface area contributed by atoms with Crippen LogP contribution in [0.15, 0.2) is 24.3 Å². The van der Waals surface area contributed by atoms with Crippen LogP contribution < -0.4 is 0 Å². The number of hydrogen-bond acceptors (Lipinski definition) is 3. The van der Waals surface area contributed by atoms with Crippen molar-refractivity contribution in [3.8, 4) is 5.75 Å². The molecule has 2 atom stereocenters. The minimum Gasteiger partial charge on any atom is -0.508 e. The molecule has 3 nitrogen and oxygen atoms in total. The summed E-state index contributed by atoms with van der Waals surface area (Å²) in [6, 6.07) is 7.01. The molecule has 0 aliphatic carbocycles. The van der Waals surface area contributed by atoms with E-state index in [4.69, 9.17) is 0 Å². The topological polar surface area (TPSA) is 43.7 Å². The molecule has 0 aliphatic rings. The van der Waals surface area contributed by atoms with Crippen molar-refractivity contribution in [3.05, 3.63) is 29.8 Å². The lowest BCUT2D eigenvalue weighted by Crippen LogP contribution is -2.51. The van der Waals surface area contributed by atoms with E-state index in [0.29, 0.717) is 6.42 Å². The second kappa shape index (κ2) is 5.52. The first-order chi connectivity index (χ1) is 7.90. The van der Waals surface area contributed by atoms with Crippen molar-refractivity contribution in [1.29, 1.82) is 0 Å². The van der Waals surface area contributed by atoms with Gasteiger partial charge in [-0.05, 0) is 45.1 Å². The van der Waals surface area contributed by atoms with E-state index in [2.05, 4.69) is 18.7 Å². The standard InChI is InChI=1S/C14H23NO2/c1-5-14(2,15(3)4)13(17)10-11-6-8-12(16)9-7-11/h6-9,13,16-17H,5,10H2,1-4H3. The molecule has 0 heterocycles. The summed E-state index contributed by atoms with van der Waals surface area (Å²) in [4.78, 5) is 2.07. The quantitative estimate of drug-likeness (QED) is 0.823. The summed E-state index contributed by atoms with van der Waals surface area (Å²) >= 11 is 0. The molecule has 1 aromatic carbocycles. The maximum atomic E-state index is 10.4. The lowest BCUT2D eigenvalue weighted by atomic mass is 9.86. The Hall–Kier alpha value is -1.06. The number of likely N-dealkylation sites (N-methyl/N-ethyl adjacent to an activating group) is 1. The largest absolute Gasteiger partial charge is 0.508 e. The number of hydrogen-bond donors (Lipinski definition) is 2. The van der Waals surface area contributed by atoms with Gasteiger partial charge in [0.25, 0.3) is 0 Å². The molecule has 0 aliphatic heterocycles. The normalized spacial score (nSPS) is 16.8. The number of aromatic hydroxyl groups is 1. The maximum Gasteiger partial charge on any atom is 0.115 e. The minimum absolute atomic E-state index is 0.224. The molecule has 96 valence electrons. The molecule has 0 saturated carbocycles. The number of nitrogens with zero attached hydrogens (tertiary/aromatic N) is 1. The molecule has 0 radical (unpaired) electrons. The number of aliphatic hydroxyl groups excluding tert-OH is 1. The molecule has 0 spiro atoms. The summed E-state index contributed by atoms with van der Waals surface area (Å²) in [5.41, 5.74) is 0.814. The summed E-state index contributed by atoms with van der Waals surface area (Å²) in [5.74, 6) is 0.258. The molecule has 0 amide bonds. The molecule has 0 saturated heterocycles. The van der Waals surface area contributed by atoms with Crippen LogP contribution in [0.25, 0.3) is 0 Å². The van der Waals surface area contributed by atoms with Gasteiger partial charge in [0.15, 0.2) is 0 Å². The third-order valence-corrected chi connectivity index (χ3v) is 3.82. The monoisotopic (exact) mass is 237 g/mol. The fraction of sp³-hybridized carbons (Fsp3) is 0.571. The van der Waals surface area contributed by atoms with Crippen LogP contribution in [-0.2, 0) is 6.42 Å². The number of aliphatic hydroxyl groups is 1. The molecule has 2 unspecified atom stereocenters. The van der Waals surface area contributed by atoms with E-state index in [0.717, 1.165) is 12.0 Å². The van der Waals surface area contributed by atoms with Crippen molar-refractivity contribution >= 4 is 0 Å². The highest BCUT2D eigenvalue weighted by Crippen LogP contribution is 2.24. The summed E-state index contributed by atoms with van der Waals surface area (Å²) in [6.45, 7) is 4.15. The molecule has 0 fully saturated rings. The van der Waals surface area contributed by atoms with E-state index in [1.54, 1.807) is 12.1 Å². The zero-order valence-corrected chi connectivity index (χ0v) is 11.1. The molecule has 3 heteroatoms. The molecule has 0 bridgehead atoms. The van der Waals surface area contributed by atoms with Gasteiger partial charge in [-0.25, -0.2) is 0 Å². The van der Waals surface area contributed by atoms with Crippen LogP contribution in [0.5, 0.6) is 5.75 Å². The van der Waals surface area contributed by atoms with Crippen molar-refractivity contribution in [1.82, 2.24) is 4.90 Å². The molecule has 1 rings (SSSR count). The zero-order valence-electron chi connectivity index (χ0n) is 11.1. The Balaban J connectivity index is 2.77. The van der Waals surface area contributed by atoms with Gasteiger partial charge in [0, 0.05) is 12.0 Å². The Bertz CT molecular complexity index is 348. The van der Waals surface area contributed by atoms with E-state index in [1.807, 2.05) is 26.2 Å². The first-order valence-electron chi connectivity index (χ1n) is 6.03. The highest BCUT2D eigenvalue weighted by Gasteiger charge is 2.33. The van der Waals surface area contributed by atoms with Crippen LogP contribution in [0.1, 0.15) is 25.8 Å². The maximum absolute atomic E-state index is 10.4. The Morgan fingerprint density at radius 3 is 2.18 bits per heavy atom.